The molecule has 1 fully saturated rings. The van der Waals surface area contributed by atoms with E-state index < -0.39 is 0 Å². The number of nitrogens with zero attached hydrogens (tertiary/aromatic N) is 1. The fourth-order valence-electron chi connectivity index (χ4n) is 2.81. The maximum Gasteiger partial charge on any atom is 0.0780 e. The predicted octanol–water partition coefficient (Wildman–Crippen LogP) is 4.78. The Hall–Kier alpha value is -2.15. The number of fused-ring (bicyclic) bond motifs is 1. The lowest BCUT2D eigenvalue weighted by Gasteiger charge is -2.09. The molecule has 0 aliphatic heterocycles. The summed E-state index contributed by atoms with van der Waals surface area (Å²) in [6.45, 7) is 0. The molecule has 0 amide bonds. The van der Waals surface area contributed by atoms with E-state index >= 15 is 0 Å². The Balaban J connectivity index is 2.00. The van der Waals surface area contributed by atoms with E-state index in [1.165, 1.54) is 34.7 Å². The third-order valence-corrected chi connectivity index (χ3v) is 3.90. The monoisotopic (exact) mass is 245 g/mol. The van der Waals surface area contributed by atoms with E-state index in [-0.39, 0.29) is 0 Å². The van der Waals surface area contributed by atoms with Gasteiger partial charge in [0.25, 0.3) is 0 Å². The molecule has 1 aliphatic rings. The van der Waals surface area contributed by atoms with Gasteiger partial charge in [-0.05, 0) is 35.8 Å². The third kappa shape index (κ3) is 1.82. The van der Waals surface area contributed by atoms with Gasteiger partial charge in [-0.15, -0.1) is 0 Å². The van der Waals surface area contributed by atoms with Crippen LogP contribution < -0.4 is 0 Å². The van der Waals surface area contributed by atoms with Crippen molar-refractivity contribution in [2.24, 2.45) is 0 Å². The van der Waals surface area contributed by atoms with Crippen LogP contribution in [0, 0.1) is 0 Å². The summed E-state index contributed by atoms with van der Waals surface area (Å²) in [6.07, 6.45) is 4.61. The number of hydrogen-bond acceptors (Lipinski definition) is 1. The standard InChI is InChI=1S/C18H15N/c1-2-5-14(6-3-1)18-17-8-4-7-15(13-9-10-13)16(17)11-12-19-18/h1-8,11-13H,9-10H2. The van der Waals surface area contributed by atoms with Crippen molar-refractivity contribution in [3.63, 3.8) is 0 Å². The fourth-order valence-corrected chi connectivity index (χ4v) is 2.81. The number of pyridine rings is 1. The zero-order chi connectivity index (χ0) is 12.7. The number of aromatic nitrogens is 1. The summed E-state index contributed by atoms with van der Waals surface area (Å²) in [4.78, 5) is 4.60. The minimum atomic E-state index is 0.773. The predicted molar refractivity (Wildman–Crippen MR) is 79.2 cm³/mol. The lowest BCUT2D eigenvalue weighted by Crippen LogP contribution is -1.89. The lowest BCUT2D eigenvalue weighted by atomic mass is 9.98. The van der Waals surface area contributed by atoms with E-state index in [0.29, 0.717) is 0 Å². The van der Waals surface area contributed by atoms with Gasteiger partial charge in [0, 0.05) is 17.1 Å². The highest BCUT2D eigenvalue weighted by Crippen LogP contribution is 2.43. The minimum Gasteiger partial charge on any atom is -0.256 e. The molecule has 0 unspecified atom stereocenters. The van der Waals surface area contributed by atoms with E-state index in [1.807, 2.05) is 12.3 Å². The highest BCUT2D eigenvalue weighted by molar-refractivity contribution is 5.96. The summed E-state index contributed by atoms with van der Waals surface area (Å²) in [5, 5.41) is 2.65. The maximum absolute atomic E-state index is 4.60. The van der Waals surface area contributed by atoms with Gasteiger partial charge in [-0.1, -0.05) is 48.5 Å². The Morgan fingerprint density at radius 3 is 2.42 bits per heavy atom. The van der Waals surface area contributed by atoms with E-state index in [0.717, 1.165) is 11.6 Å². The van der Waals surface area contributed by atoms with Crippen molar-refractivity contribution in [1.29, 1.82) is 0 Å². The average molecular weight is 245 g/mol. The van der Waals surface area contributed by atoms with Crippen LogP contribution in [0.15, 0.2) is 60.8 Å². The second-order valence-corrected chi connectivity index (χ2v) is 5.24. The van der Waals surface area contributed by atoms with Crippen LogP contribution in [-0.2, 0) is 0 Å². The molecule has 0 atom stereocenters. The van der Waals surface area contributed by atoms with Crippen LogP contribution in [0.25, 0.3) is 22.0 Å². The summed E-state index contributed by atoms with van der Waals surface area (Å²) in [7, 11) is 0. The molecular weight excluding hydrogens is 230 g/mol. The summed E-state index contributed by atoms with van der Waals surface area (Å²) >= 11 is 0. The van der Waals surface area contributed by atoms with Gasteiger partial charge >= 0.3 is 0 Å². The van der Waals surface area contributed by atoms with Gasteiger partial charge in [-0.25, -0.2) is 0 Å². The van der Waals surface area contributed by atoms with Crippen LogP contribution >= 0.6 is 0 Å². The van der Waals surface area contributed by atoms with Crippen molar-refractivity contribution in [3.05, 3.63) is 66.4 Å². The first-order valence-corrected chi connectivity index (χ1v) is 6.86. The van der Waals surface area contributed by atoms with Crippen LogP contribution in [0.3, 0.4) is 0 Å². The number of hydrogen-bond donors (Lipinski definition) is 0. The molecule has 19 heavy (non-hydrogen) atoms. The molecule has 0 radical (unpaired) electrons. The van der Waals surface area contributed by atoms with Crippen molar-refractivity contribution in [1.82, 2.24) is 4.98 Å². The van der Waals surface area contributed by atoms with Crippen molar-refractivity contribution in [2.45, 2.75) is 18.8 Å². The SMILES string of the molecule is c1ccc(-c2nccc3c(C4CC4)cccc23)cc1. The first-order chi connectivity index (χ1) is 9.43. The molecule has 1 heteroatoms. The van der Waals surface area contributed by atoms with E-state index in [1.54, 1.807) is 0 Å². The summed E-state index contributed by atoms with van der Waals surface area (Å²) in [5.74, 6) is 0.773. The van der Waals surface area contributed by atoms with Crippen LogP contribution in [0.1, 0.15) is 24.3 Å². The fraction of sp³-hybridized carbons (Fsp3) is 0.167. The molecule has 0 bridgehead atoms. The molecule has 3 aromatic rings. The second-order valence-electron chi connectivity index (χ2n) is 5.24. The molecular formula is C18H15N. The molecule has 2 aromatic carbocycles. The van der Waals surface area contributed by atoms with Crippen LogP contribution in [-0.4, -0.2) is 4.98 Å². The zero-order valence-corrected chi connectivity index (χ0v) is 10.7. The summed E-state index contributed by atoms with van der Waals surface area (Å²) in [6, 6.07) is 19.2. The van der Waals surface area contributed by atoms with Crippen molar-refractivity contribution >= 4 is 10.8 Å². The van der Waals surface area contributed by atoms with E-state index in [9.17, 15) is 0 Å². The van der Waals surface area contributed by atoms with Crippen molar-refractivity contribution in [2.75, 3.05) is 0 Å². The first kappa shape index (κ1) is 10.7. The van der Waals surface area contributed by atoms with Crippen LogP contribution in [0.5, 0.6) is 0 Å². The smallest absolute Gasteiger partial charge is 0.0780 e. The van der Waals surface area contributed by atoms with E-state index in [2.05, 4.69) is 53.5 Å². The molecule has 1 heterocycles. The highest BCUT2D eigenvalue weighted by Gasteiger charge is 2.25. The molecule has 1 nitrogen and oxygen atoms in total. The normalized spacial score (nSPS) is 14.7. The van der Waals surface area contributed by atoms with E-state index in [4.69, 9.17) is 0 Å². The molecule has 92 valence electrons. The molecule has 0 spiro atoms. The number of benzene rings is 2. The van der Waals surface area contributed by atoms with Gasteiger partial charge in [-0.3, -0.25) is 4.98 Å². The average Bonchev–Trinajstić information content (AvgIpc) is 3.31. The van der Waals surface area contributed by atoms with Crippen molar-refractivity contribution in [3.8, 4) is 11.3 Å². The Morgan fingerprint density at radius 2 is 1.63 bits per heavy atom. The lowest BCUT2D eigenvalue weighted by molar-refractivity contribution is 1.15. The molecule has 0 N–H and O–H groups in total. The topological polar surface area (TPSA) is 12.9 Å². The zero-order valence-electron chi connectivity index (χ0n) is 10.7. The largest absolute Gasteiger partial charge is 0.256 e. The van der Waals surface area contributed by atoms with Crippen molar-refractivity contribution < 1.29 is 0 Å². The molecule has 1 aliphatic carbocycles. The van der Waals surface area contributed by atoms with Gasteiger partial charge in [0.05, 0.1) is 5.69 Å². The molecule has 1 saturated carbocycles. The third-order valence-electron chi connectivity index (χ3n) is 3.90. The Bertz CT molecular complexity index is 727. The van der Waals surface area contributed by atoms with Crippen LogP contribution in [0.2, 0.25) is 0 Å². The molecule has 1 aromatic heterocycles. The second kappa shape index (κ2) is 4.20. The molecule has 0 saturated heterocycles. The molecule has 4 rings (SSSR count). The van der Waals surface area contributed by atoms with Crippen LogP contribution in [0.4, 0.5) is 0 Å². The summed E-state index contributed by atoms with van der Waals surface area (Å²) in [5.41, 5.74) is 3.79. The minimum absolute atomic E-state index is 0.773. The Kier molecular flexibility index (Phi) is 2.37. The highest BCUT2D eigenvalue weighted by atomic mass is 14.7. The Morgan fingerprint density at radius 1 is 0.789 bits per heavy atom. The van der Waals surface area contributed by atoms with Gasteiger partial charge in [-0.2, -0.15) is 0 Å². The van der Waals surface area contributed by atoms with Gasteiger partial charge < -0.3 is 0 Å². The quantitative estimate of drug-likeness (QED) is 0.633. The number of rotatable bonds is 2. The van der Waals surface area contributed by atoms with Gasteiger partial charge in [0.1, 0.15) is 0 Å². The maximum atomic E-state index is 4.60. The first-order valence-electron chi connectivity index (χ1n) is 6.86. The Labute approximate surface area is 112 Å². The summed E-state index contributed by atoms with van der Waals surface area (Å²) < 4.78 is 0. The van der Waals surface area contributed by atoms with Gasteiger partial charge in [0.15, 0.2) is 0 Å². The van der Waals surface area contributed by atoms with Gasteiger partial charge in [0.2, 0.25) is 0 Å².